The van der Waals surface area contributed by atoms with Gasteiger partial charge in [0.2, 0.25) is 0 Å². The molecular weight excluding hydrogens is 290 g/mol. The molecule has 0 bridgehead atoms. The molecule has 0 unspecified atom stereocenters. The number of nitrogens with one attached hydrogen (secondary N) is 1. The van der Waals surface area contributed by atoms with Gasteiger partial charge in [-0.15, -0.1) is 0 Å². The summed E-state index contributed by atoms with van der Waals surface area (Å²) >= 11 is 0. The zero-order chi connectivity index (χ0) is 16.2. The molecule has 0 amide bonds. The van der Waals surface area contributed by atoms with E-state index in [4.69, 9.17) is 15.2 Å². The van der Waals surface area contributed by atoms with E-state index in [-0.39, 0.29) is 0 Å². The minimum absolute atomic E-state index is 0.485. The first-order valence-electron chi connectivity index (χ1n) is 7.92. The molecule has 1 aliphatic carbocycles. The Kier molecular flexibility index (Phi) is 4.67. The van der Waals surface area contributed by atoms with Crippen molar-refractivity contribution in [3.8, 4) is 22.8 Å². The number of hydrogen-bond acceptors (Lipinski definition) is 5. The topological polar surface area (TPSA) is 69.4 Å². The second-order valence-electron chi connectivity index (χ2n) is 5.82. The zero-order valence-electron chi connectivity index (χ0n) is 13.6. The second kappa shape index (κ2) is 6.87. The van der Waals surface area contributed by atoms with Crippen molar-refractivity contribution in [2.45, 2.75) is 31.8 Å². The molecule has 3 N–H and O–H groups in total. The van der Waals surface area contributed by atoms with Crippen LogP contribution in [0.25, 0.3) is 11.3 Å². The van der Waals surface area contributed by atoms with Crippen LogP contribution in [0.3, 0.4) is 0 Å². The Labute approximate surface area is 136 Å². The van der Waals surface area contributed by atoms with E-state index in [9.17, 15) is 0 Å². The summed E-state index contributed by atoms with van der Waals surface area (Å²) in [6.07, 6.45) is 3.83. The fraction of sp³-hybridized carbons (Fsp3) is 0.389. The Balaban J connectivity index is 1.93. The largest absolute Gasteiger partial charge is 0.496 e. The van der Waals surface area contributed by atoms with Gasteiger partial charge in [0.1, 0.15) is 17.3 Å². The monoisotopic (exact) mass is 313 g/mol. The summed E-state index contributed by atoms with van der Waals surface area (Å²) in [5, 5.41) is 3.56. The molecule has 122 valence electrons. The molecule has 5 nitrogen and oxygen atoms in total. The molecular formula is C18H23N3O2. The highest BCUT2D eigenvalue weighted by atomic mass is 16.5. The fourth-order valence-electron chi connectivity index (χ4n) is 2.77. The number of ether oxygens (including phenoxy) is 2. The molecule has 2 aromatic rings. The lowest BCUT2D eigenvalue weighted by atomic mass is 9.93. The van der Waals surface area contributed by atoms with E-state index in [0.717, 1.165) is 34.9 Å². The van der Waals surface area contributed by atoms with E-state index in [1.165, 1.54) is 19.3 Å². The van der Waals surface area contributed by atoms with Gasteiger partial charge in [0.15, 0.2) is 0 Å². The molecule has 1 heterocycles. The minimum atomic E-state index is 0.485. The van der Waals surface area contributed by atoms with Gasteiger partial charge in [-0.05, 0) is 37.1 Å². The van der Waals surface area contributed by atoms with Crippen LogP contribution in [0.4, 0.5) is 5.82 Å². The molecule has 1 saturated carbocycles. The summed E-state index contributed by atoms with van der Waals surface area (Å²) in [6.45, 7) is 0.773. The van der Waals surface area contributed by atoms with Crippen LogP contribution >= 0.6 is 0 Å². The Bertz CT molecular complexity index is 684. The lowest BCUT2D eigenvalue weighted by Gasteiger charge is -2.27. The van der Waals surface area contributed by atoms with E-state index < -0.39 is 0 Å². The molecule has 1 fully saturated rings. The molecule has 0 spiro atoms. The maximum atomic E-state index is 5.80. The SMILES string of the molecule is COc1cc(-c2cccc(N)n2)c(OC)cc1CNC1CCC1. The summed E-state index contributed by atoms with van der Waals surface area (Å²) in [7, 11) is 3.35. The Hall–Kier alpha value is -2.27. The molecule has 0 atom stereocenters. The molecule has 1 aromatic heterocycles. The van der Waals surface area contributed by atoms with Crippen molar-refractivity contribution in [1.82, 2.24) is 10.3 Å². The predicted octanol–water partition coefficient (Wildman–Crippen LogP) is 2.99. The van der Waals surface area contributed by atoms with Gasteiger partial charge >= 0.3 is 0 Å². The first-order valence-corrected chi connectivity index (χ1v) is 7.92. The first kappa shape index (κ1) is 15.6. The first-order chi connectivity index (χ1) is 11.2. The number of rotatable bonds is 6. The van der Waals surface area contributed by atoms with E-state index in [1.807, 2.05) is 24.3 Å². The number of hydrogen-bond donors (Lipinski definition) is 2. The molecule has 1 aliphatic rings. The molecule has 23 heavy (non-hydrogen) atoms. The van der Waals surface area contributed by atoms with Crippen LogP contribution in [0.1, 0.15) is 24.8 Å². The van der Waals surface area contributed by atoms with Crippen molar-refractivity contribution in [1.29, 1.82) is 0 Å². The number of anilines is 1. The van der Waals surface area contributed by atoms with Crippen molar-refractivity contribution >= 4 is 5.82 Å². The van der Waals surface area contributed by atoms with E-state index >= 15 is 0 Å². The summed E-state index contributed by atoms with van der Waals surface area (Å²) in [5.41, 5.74) is 8.54. The third-order valence-electron chi connectivity index (χ3n) is 4.34. The van der Waals surface area contributed by atoms with Gasteiger partial charge in [0, 0.05) is 23.7 Å². The third-order valence-corrected chi connectivity index (χ3v) is 4.34. The predicted molar refractivity (Wildman–Crippen MR) is 91.7 cm³/mol. The Morgan fingerprint density at radius 1 is 1.17 bits per heavy atom. The van der Waals surface area contributed by atoms with E-state index in [2.05, 4.69) is 10.3 Å². The number of methoxy groups -OCH3 is 2. The molecule has 5 heteroatoms. The lowest BCUT2D eigenvalue weighted by Crippen LogP contribution is -2.34. The highest BCUT2D eigenvalue weighted by molar-refractivity contribution is 5.71. The summed E-state index contributed by atoms with van der Waals surface area (Å²) < 4.78 is 11.1. The van der Waals surface area contributed by atoms with Gasteiger partial charge in [0.25, 0.3) is 0 Å². The van der Waals surface area contributed by atoms with E-state index in [1.54, 1.807) is 20.3 Å². The third kappa shape index (κ3) is 3.40. The van der Waals surface area contributed by atoms with Crippen molar-refractivity contribution in [2.75, 3.05) is 20.0 Å². The lowest BCUT2D eigenvalue weighted by molar-refractivity contribution is 0.333. The second-order valence-corrected chi connectivity index (χ2v) is 5.82. The van der Waals surface area contributed by atoms with Crippen molar-refractivity contribution in [3.05, 3.63) is 35.9 Å². The number of nitrogens with two attached hydrogens (primary N) is 1. The molecule has 0 saturated heterocycles. The van der Waals surface area contributed by atoms with Gasteiger partial charge in [-0.1, -0.05) is 12.5 Å². The maximum Gasteiger partial charge on any atom is 0.128 e. The zero-order valence-corrected chi connectivity index (χ0v) is 13.6. The van der Waals surface area contributed by atoms with Gasteiger partial charge in [-0.25, -0.2) is 4.98 Å². The van der Waals surface area contributed by atoms with Crippen LogP contribution in [0, 0.1) is 0 Å². The molecule has 0 aliphatic heterocycles. The van der Waals surface area contributed by atoms with Crippen LogP contribution in [-0.2, 0) is 6.54 Å². The number of nitrogen functional groups attached to an aromatic ring is 1. The van der Waals surface area contributed by atoms with Gasteiger partial charge < -0.3 is 20.5 Å². The Morgan fingerprint density at radius 3 is 2.57 bits per heavy atom. The highest BCUT2D eigenvalue weighted by Gasteiger charge is 2.18. The van der Waals surface area contributed by atoms with Gasteiger partial charge in [-0.2, -0.15) is 0 Å². The van der Waals surface area contributed by atoms with Crippen molar-refractivity contribution < 1.29 is 9.47 Å². The minimum Gasteiger partial charge on any atom is -0.496 e. The van der Waals surface area contributed by atoms with Crippen molar-refractivity contribution in [3.63, 3.8) is 0 Å². The number of benzene rings is 1. The average molecular weight is 313 g/mol. The normalized spacial score (nSPS) is 14.3. The molecule has 3 rings (SSSR count). The van der Waals surface area contributed by atoms with Gasteiger partial charge in [-0.3, -0.25) is 0 Å². The van der Waals surface area contributed by atoms with Crippen LogP contribution in [0.2, 0.25) is 0 Å². The quantitative estimate of drug-likeness (QED) is 0.858. The Morgan fingerprint density at radius 2 is 1.96 bits per heavy atom. The highest BCUT2D eigenvalue weighted by Crippen LogP contribution is 2.36. The molecule has 1 aromatic carbocycles. The van der Waals surface area contributed by atoms with E-state index in [0.29, 0.717) is 11.9 Å². The number of aromatic nitrogens is 1. The van der Waals surface area contributed by atoms with Gasteiger partial charge in [0.05, 0.1) is 19.9 Å². The average Bonchev–Trinajstić information content (AvgIpc) is 2.52. The standard InChI is InChI=1S/C18H23N3O2/c1-22-16-10-14(15-7-4-8-18(19)21-15)17(23-2)9-12(16)11-20-13-5-3-6-13/h4,7-10,13,20H,3,5-6,11H2,1-2H3,(H2,19,21). The smallest absolute Gasteiger partial charge is 0.128 e. The number of nitrogens with zero attached hydrogens (tertiary/aromatic N) is 1. The summed E-state index contributed by atoms with van der Waals surface area (Å²) in [4.78, 5) is 4.38. The molecule has 0 radical (unpaired) electrons. The maximum absolute atomic E-state index is 5.80. The number of pyridine rings is 1. The van der Waals surface area contributed by atoms with Crippen molar-refractivity contribution in [2.24, 2.45) is 0 Å². The van der Waals surface area contributed by atoms with Crippen LogP contribution in [0.15, 0.2) is 30.3 Å². The fourth-order valence-corrected chi connectivity index (χ4v) is 2.77. The summed E-state index contributed by atoms with van der Waals surface area (Å²) in [6, 6.07) is 10.2. The van der Waals surface area contributed by atoms with Crippen LogP contribution < -0.4 is 20.5 Å². The summed E-state index contributed by atoms with van der Waals surface area (Å²) in [5.74, 6) is 2.09. The van der Waals surface area contributed by atoms with Crippen LogP contribution in [0.5, 0.6) is 11.5 Å². The van der Waals surface area contributed by atoms with Crippen LogP contribution in [-0.4, -0.2) is 25.2 Å².